The van der Waals surface area contributed by atoms with Crippen LogP contribution in [-0.2, 0) is 11.2 Å². The fourth-order valence-corrected chi connectivity index (χ4v) is 2.59. The largest absolute Gasteiger partial charge is 0.482 e. The van der Waals surface area contributed by atoms with Crippen molar-refractivity contribution in [1.29, 1.82) is 0 Å². The van der Waals surface area contributed by atoms with Gasteiger partial charge in [0.05, 0.1) is 11.3 Å². The first kappa shape index (κ1) is 17.0. The number of likely N-dealkylation sites (N-methyl/N-ethyl adjacent to an activating group) is 1. The fourth-order valence-electron chi connectivity index (χ4n) is 2.59. The van der Waals surface area contributed by atoms with Crippen molar-refractivity contribution >= 4 is 23.2 Å². The van der Waals surface area contributed by atoms with Crippen LogP contribution in [0.15, 0.2) is 42.5 Å². The van der Waals surface area contributed by atoms with Gasteiger partial charge in [0.15, 0.2) is 6.61 Å². The number of anilines is 2. The Labute approximate surface area is 146 Å². The smallest absolute Gasteiger partial charge is 0.262 e. The number of carbonyl (C=O) groups excluding carboxylic acids is 2. The van der Waals surface area contributed by atoms with Crippen LogP contribution in [-0.4, -0.2) is 44.0 Å². The number of fused-ring (bicyclic) bond motifs is 1. The second kappa shape index (κ2) is 7.36. The van der Waals surface area contributed by atoms with Gasteiger partial charge in [-0.3, -0.25) is 9.59 Å². The predicted octanol–water partition coefficient (Wildman–Crippen LogP) is 2.37. The molecule has 1 aliphatic heterocycles. The van der Waals surface area contributed by atoms with Gasteiger partial charge in [-0.05, 0) is 50.3 Å². The van der Waals surface area contributed by atoms with Crippen LogP contribution in [0.25, 0.3) is 0 Å². The first-order valence-corrected chi connectivity index (χ1v) is 8.13. The average Bonchev–Trinajstić information content (AvgIpc) is 2.60. The zero-order chi connectivity index (χ0) is 17.8. The average molecular weight is 339 g/mol. The minimum atomic E-state index is -0.288. The van der Waals surface area contributed by atoms with Crippen LogP contribution in [0.2, 0.25) is 0 Å². The maximum Gasteiger partial charge on any atom is 0.262 e. The van der Waals surface area contributed by atoms with Gasteiger partial charge in [-0.2, -0.15) is 0 Å². The van der Waals surface area contributed by atoms with E-state index < -0.39 is 0 Å². The summed E-state index contributed by atoms with van der Waals surface area (Å²) < 4.78 is 5.34. The van der Waals surface area contributed by atoms with E-state index in [9.17, 15) is 9.59 Å². The molecule has 2 aromatic carbocycles. The first-order valence-electron chi connectivity index (χ1n) is 8.13. The highest BCUT2D eigenvalue weighted by atomic mass is 16.5. The Morgan fingerprint density at radius 1 is 1.20 bits per heavy atom. The lowest BCUT2D eigenvalue weighted by Crippen LogP contribution is -2.27. The van der Waals surface area contributed by atoms with Gasteiger partial charge in [-0.1, -0.05) is 18.2 Å². The van der Waals surface area contributed by atoms with Crippen molar-refractivity contribution in [2.75, 3.05) is 37.9 Å². The molecule has 0 aliphatic carbocycles. The molecule has 0 fully saturated rings. The number of rotatable bonds is 5. The lowest BCUT2D eigenvalue weighted by atomic mass is 10.1. The summed E-state index contributed by atoms with van der Waals surface area (Å²) in [6.07, 6.45) is 0.955. The van der Waals surface area contributed by atoms with Crippen LogP contribution in [0, 0.1) is 0 Å². The fraction of sp³-hybridized carbons (Fsp3) is 0.263. The minimum absolute atomic E-state index is 0.0352. The van der Waals surface area contributed by atoms with Crippen LogP contribution in [0.4, 0.5) is 11.4 Å². The number of benzene rings is 2. The predicted molar refractivity (Wildman–Crippen MR) is 97.2 cm³/mol. The van der Waals surface area contributed by atoms with Crippen molar-refractivity contribution < 1.29 is 14.3 Å². The van der Waals surface area contributed by atoms with E-state index in [1.165, 1.54) is 5.56 Å². The number of nitrogens with zero attached hydrogens (tertiary/aromatic N) is 1. The zero-order valence-electron chi connectivity index (χ0n) is 14.3. The highest BCUT2D eigenvalue weighted by Gasteiger charge is 2.22. The molecule has 0 saturated heterocycles. The highest BCUT2D eigenvalue weighted by Crippen LogP contribution is 2.31. The van der Waals surface area contributed by atoms with Crippen LogP contribution < -0.4 is 15.4 Å². The number of amides is 2. The molecule has 2 N–H and O–H groups in total. The molecule has 6 nitrogen and oxygen atoms in total. The van der Waals surface area contributed by atoms with Gasteiger partial charge in [0.1, 0.15) is 5.75 Å². The molecule has 1 aliphatic rings. The third kappa shape index (κ3) is 4.16. The van der Waals surface area contributed by atoms with Crippen molar-refractivity contribution in [3.63, 3.8) is 0 Å². The molecule has 0 radical (unpaired) electrons. The third-order valence-corrected chi connectivity index (χ3v) is 3.95. The molecule has 0 unspecified atom stereocenters. The molecule has 3 rings (SSSR count). The minimum Gasteiger partial charge on any atom is -0.482 e. The Morgan fingerprint density at radius 2 is 1.96 bits per heavy atom. The Hall–Kier alpha value is -2.86. The monoisotopic (exact) mass is 339 g/mol. The summed E-state index contributed by atoms with van der Waals surface area (Å²) in [7, 11) is 4.08. The quantitative estimate of drug-likeness (QED) is 0.877. The summed E-state index contributed by atoms with van der Waals surface area (Å²) in [5, 5.41) is 5.56. The van der Waals surface area contributed by atoms with E-state index in [0.29, 0.717) is 22.7 Å². The van der Waals surface area contributed by atoms with Crippen molar-refractivity contribution in [2.24, 2.45) is 0 Å². The number of hydrogen-bond donors (Lipinski definition) is 2. The van der Waals surface area contributed by atoms with Crippen LogP contribution in [0.5, 0.6) is 5.75 Å². The van der Waals surface area contributed by atoms with Gasteiger partial charge in [-0.15, -0.1) is 0 Å². The van der Waals surface area contributed by atoms with E-state index in [4.69, 9.17) is 4.74 Å². The summed E-state index contributed by atoms with van der Waals surface area (Å²) in [6.45, 7) is 0.939. The number of hydrogen-bond acceptors (Lipinski definition) is 4. The SMILES string of the molecule is CN(C)CCc1ccc(NC(=O)c2cccc3c2NC(=O)CO3)cc1. The topological polar surface area (TPSA) is 70.7 Å². The van der Waals surface area contributed by atoms with Crippen molar-refractivity contribution in [1.82, 2.24) is 4.90 Å². The number of ether oxygens (including phenoxy) is 1. The Kier molecular flexibility index (Phi) is 5.00. The van der Waals surface area contributed by atoms with E-state index in [-0.39, 0.29) is 18.4 Å². The molecule has 2 amide bonds. The number of nitrogens with one attached hydrogen (secondary N) is 2. The van der Waals surface area contributed by atoms with Crippen LogP contribution >= 0.6 is 0 Å². The summed E-state index contributed by atoms with van der Waals surface area (Å²) in [6, 6.07) is 12.9. The lowest BCUT2D eigenvalue weighted by Gasteiger charge is -2.20. The highest BCUT2D eigenvalue weighted by molar-refractivity contribution is 6.11. The number of carbonyl (C=O) groups is 2. The first-order chi connectivity index (χ1) is 12.0. The number of para-hydroxylation sites is 1. The van der Waals surface area contributed by atoms with Crippen molar-refractivity contribution in [3.05, 3.63) is 53.6 Å². The molecule has 6 heteroatoms. The van der Waals surface area contributed by atoms with Gasteiger partial charge in [0, 0.05) is 12.2 Å². The third-order valence-electron chi connectivity index (χ3n) is 3.95. The molecule has 25 heavy (non-hydrogen) atoms. The van der Waals surface area contributed by atoms with E-state index in [2.05, 4.69) is 15.5 Å². The van der Waals surface area contributed by atoms with E-state index >= 15 is 0 Å². The molecular formula is C19H21N3O3. The standard InChI is InChI=1S/C19H21N3O3/c1-22(2)11-10-13-6-8-14(9-7-13)20-19(24)15-4-3-5-16-18(15)21-17(23)12-25-16/h3-9H,10-12H2,1-2H3,(H,20,24)(H,21,23). The Morgan fingerprint density at radius 3 is 2.68 bits per heavy atom. The zero-order valence-corrected chi connectivity index (χ0v) is 14.3. The van der Waals surface area contributed by atoms with E-state index in [1.807, 2.05) is 38.4 Å². The molecule has 0 aromatic heterocycles. The van der Waals surface area contributed by atoms with Crippen molar-refractivity contribution in [3.8, 4) is 5.75 Å². The van der Waals surface area contributed by atoms with Gasteiger partial charge in [-0.25, -0.2) is 0 Å². The molecular weight excluding hydrogens is 318 g/mol. The molecule has 0 bridgehead atoms. The van der Waals surface area contributed by atoms with E-state index in [1.54, 1.807) is 18.2 Å². The van der Waals surface area contributed by atoms with Gasteiger partial charge >= 0.3 is 0 Å². The second-order valence-corrected chi connectivity index (χ2v) is 6.22. The summed E-state index contributed by atoms with van der Waals surface area (Å²) >= 11 is 0. The maximum atomic E-state index is 12.6. The van der Waals surface area contributed by atoms with Crippen LogP contribution in [0.3, 0.4) is 0 Å². The Balaban J connectivity index is 1.72. The Bertz CT molecular complexity index is 785. The molecule has 0 saturated carbocycles. The molecule has 2 aromatic rings. The molecule has 1 heterocycles. The summed E-state index contributed by atoms with van der Waals surface area (Å²) in [5.41, 5.74) is 2.71. The maximum absolute atomic E-state index is 12.6. The summed E-state index contributed by atoms with van der Waals surface area (Å²) in [4.78, 5) is 26.2. The van der Waals surface area contributed by atoms with Gasteiger partial charge in [0.25, 0.3) is 11.8 Å². The normalized spacial score (nSPS) is 13.0. The van der Waals surface area contributed by atoms with Gasteiger partial charge < -0.3 is 20.3 Å². The van der Waals surface area contributed by atoms with Crippen molar-refractivity contribution in [2.45, 2.75) is 6.42 Å². The second-order valence-electron chi connectivity index (χ2n) is 6.22. The summed E-state index contributed by atoms with van der Waals surface area (Å²) in [5.74, 6) is -0.0482. The van der Waals surface area contributed by atoms with E-state index in [0.717, 1.165) is 13.0 Å². The lowest BCUT2D eigenvalue weighted by molar-refractivity contribution is -0.118. The van der Waals surface area contributed by atoms with Crippen LogP contribution in [0.1, 0.15) is 15.9 Å². The molecule has 0 spiro atoms. The molecule has 130 valence electrons. The molecule has 0 atom stereocenters. The van der Waals surface area contributed by atoms with Gasteiger partial charge in [0.2, 0.25) is 0 Å².